The molecule has 1 N–H and O–H groups in total. The van der Waals surface area contributed by atoms with Crippen LogP contribution in [-0.4, -0.2) is 54.2 Å². The van der Waals surface area contributed by atoms with E-state index in [4.69, 9.17) is 9.47 Å². The van der Waals surface area contributed by atoms with Crippen LogP contribution >= 0.6 is 0 Å². The van der Waals surface area contributed by atoms with Gasteiger partial charge >= 0.3 is 0 Å². The van der Waals surface area contributed by atoms with E-state index in [1.54, 1.807) is 14.2 Å². The van der Waals surface area contributed by atoms with Crippen molar-refractivity contribution < 1.29 is 14.3 Å². The third-order valence-corrected chi connectivity index (χ3v) is 5.24. The first-order valence-electron chi connectivity index (χ1n) is 8.98. The molecule has 1 atom stereocenters. The Morgan fingerprint density at radius 2 is 2.15 bits per heavy atom. The number of hydrogen-bond acceptors (Lipinski definition) is 5. The van der Waals surface area contributed by atoms with E-state index in [0.29, 0.717) is 12.2 Å². The molecule has 4 rings (SSSR count). The molecule has 0 radical (unpaired) electrons. The third kappa shape index (κ3) is 2.92. The molecule has 3 heterocycles. The number of methoxy groups -OCH3 is 2. The fraction of sp³-hybridized carbons (Fsp3) is 0.474. The smallest absolute Gasteiger partial charge is 0.274 e. The molecule has 1 aromatic carbocycles. The van der Waals surface area contributed by atoms with Gasteiger partial charge in [-0.15, -0.1) is 0 Å². The van der Waals surface area contributed by atoms with Crippen LogP contribution in [0, 0.1) is 0 Å². The fourth-order valence-electron chi connectivity index (χ4n) is 3.89. The summed E-state index contributed by atoms with van der Waals surface area (Å²) in [6.07, 6.45) is 2.79. The van der Waals surface area contributed by atoms with E-state index in [0.717, 1.165) is 55.5 Å². The molecular weight excluding hydrogens is 332 g/mol. The van der Waals surface area contributed by atoms with Gasteiger partial charge in [0.15, 0.2) is 11.5 Å². The van der Waals surface area contributed by atoms with Crippen molar-refractivity contribution >= 4 is 5.91 Å². The Bertz CT molecular complexity index is 794. The molecule has 2 aliphatic heterocycles. The van der Waals surface area contributed by atoms with Gasteiger partial charge in [0.2, 0.25) is 0 Å². The number of nitrogens with zero attached hydrogens (tertiary/aromatic N) is 3. The van der Waals surface area contributed by atoms with E-state index >= 15 is 0 Å². The molecule has 1 saturated heterocycles. The summed E-state index contributed by atoms with van der Waals surface area (Å²) >= 11 is 0. The Balaban J connectivity index is 1.52. The quantitative estimate of drug-likeness (QED) is 0.902. The summed E-state index contributed by atoms with van der Waals surface area (Å²) in [7, 11) is 3.30. The highest BCUT2D eigenvalue weighted by atomic mass is 16.5. The van der Waals surface area contributed by atoms with Crippen LogP contribution in [0.4, 0.5) is 0 Å². The van der Waals surface area contributed by atoms with Gasteiger partial charge in [-0.3, -0.25) is 4.79 Å². The van der Waals surface area contributed by atoms with E-state index in [1.165, 1.54) is 0 Å². The van der Waals surface area contributed by atoms with Gasteiger partial charge in [0, 0.05) is 43.9 Å². The van der Waals surface area contributed by atoms with Crippen LogP contribution in [-0.2, 0) is 13.1 Å². The van der Waals surface area contributed by atoms with Crippen LogP contribution in [0.2, 0.25) is 0 Å². The highest BCUT2D eigenvalue weighted by molar-refractivity contribution is 5.92. The Morgan fingerprint density at radius 1 is 1.27 bits per heavy atom. The van der Waals surface area contributed by atoms with Crippen molar-refractivity contribution in [1.29, 1.82) is 0 Å². The molecule has 7 nitrogen and oxygen atoms in total. The zero-order chi connectivity index (χ0) is 18.1. The number of imidazole rings is 1. The molecule has 0 bridgehead atoms. The topological polar surface area (TPSA) is 68.6 Å². The SMILES string of the molecule is COc1cccc([C@@H]2CCN(C(=O)c3cn4c(n3)CNCC4)C2)c1OC. The fourth-order valence-corrected chi connectivity index (χ4v) is 3.89. The number of fused-ring (bicyclic) bond motifs is 1. The molecule has 1 aromatic heterocycles. The summed E-state index contributed by atoms with van der Waals surface area (Å²) in [5.41, 5.74) is 1.64. The lowest BCUT2D eigenvalue weighted by Crippen LogP contribution is -2.28. The van der Waals surface area contributed by atoms with Crippen molar-refractivity contribution in [1.82, 2.24) is 19.8 Å². The van der Waals surface area contributed by atoms with Crippen LogP contribution in [0.3, 0.4) is 0 Å². The second-order valence-electron chi connectivity index (χ2n) is 6.73. The Kier molecular flexibility index (Phi) is 4.55. The maximum atomic E-state index is 12.9. The number of rotatable bonds is 4. The minimum atomic E-state index is 0.0104. The van der Waals surface area contributed by atoms with Gasteiger partial charge in [-0.05, 0) is 12.5 Å². The van der Waals surface area contributed by atoms with Crippen molar-refractivity contribution in [3.8, 4) is 11.5 Å². The molecule has 2 aliphatic rings. The summed E-state index contributed by atoms with van der Waals surface area (Å²) in [5, 5.41) is 3.28. The molecule has 0 spiro atoms. The van der Waals surface area contributed by atoms with E-state index in [1.807, 2.05) is 23.2 Å². The van der Waals surface area contributed by atoms with E-state index in [2.05, 4.69) is 20.9 Å². The second kappa shape index (κ2) is 6.99. The highest BCUT2D eigenvalue weighted by Crippen LogP contribution is 2.39. The predicted octanol–water partition coefficient (Wildman–Crippen LogP) is 1.63. The number of para-hydroxylation sites is 1. The lowest BCUT2D eigenvalue weighted by atomic mass is 9.97. The summed E-state index contributed by atoms with van der Waals surface area (Å²) in [6, 6.07) is 5.92. The van der Waals surface area contributed by atoms with Crippen LogP contribution in [0.5, 0.6) is 11.5 Å². The number of hydrogen-bond donors (Lipinski definition) is 1. The van der Waals surface area contributed by atoms with Gasteiger partial charge in [-0.2, -0.15) is 0 Å². The van der Waals surface area contributed by atoms with Crippen LogP contribution in [0.15, 0.2) is 24.4 Å². The van der Waals surface area contributed by atoms with E-state index < -0.39 is 0 Å². The number of benzene rings is 1. The van der Waals surface area contributed by atoms with Gasteiger partial charge in [-0.1, -0.05) is 12.1 Å². The molecular formula is C19H24N4O3. The number of amides is 1. The van der Waals surface area contributed by atoms with Gasteiger partial charge in [0.1, 0.15) is 11.5 Å². The van der Waals surface area contributed by atoms with Crippen molar-refractivity contribution in [2.75, 3.05) is 33.9 Å². The van der Waals surface area contributed by atoms with Gasteiger partial charge in [0.05, 0.1) is 20.8 Å². The van der Waals surface area contributed by atoms with Gasteiger partial charge in [-0.25, -0.2) is 4.98 Å². The normalized spacial score (nSPS) is 19.3. The molecule has 1 amide bonds. The molecule has 0 unspecified atom stereocenters. The summed E-state index contributed by atoms with van der Waals surface area (Å²) in [6.45, 7) is 3.89. The van der Waals surface area contributed by atoms with Gasteiger partial charge < -0.3 is 24.3 Å². The van der Waals surface area contributed by atoms with Crippen molar-refractivity contribution in [2.45, 2.75) is 25.4 Å². The minimum Gasteiger partial charge on any atom is -0.493 e. The van der Waals surface area contributed by atoms with Crippen LogP contribution in [0.25, 0.3) is 0 Å². The summed E-state index contributed by atoms with van der Waals surface area (Å²) < 4.78 is 13.0. The molecule has 1 fully saturated rings. The number of nitrogens with one attached hydrogen (secondary N) is 1. The molecule has 138 valence electrons. The molecule has 0 saturated carbocycles. The Labute approximate surface area is 152 Å². The largest absolute Gasteiger partial charge is 0.493 e. The van der Waals surface area contributed by atoms with Crippen LogP contribution in [0.1, 0.15) is 34.2 Å². The zero-order valence-corrected chi connectivity index (χ0v) is 15.2. The van der Waals surface area contributed by atoms with Crippen molar-refractivity contribution in [2.24, 2.45) is 0 Å². The third-order valence-electron chi connectivity index (χ3n) is 5.24. The van der Waals surface area contributed by atoms with Crippen molar-refractivity contribution in [3.05, 3.63) is 41.5 Å². The standard InChI is InChI=1S/C19H24N4O3/c1-25-16-5-3-4-14(18(16)26-2)13-6-8-23(11-13)19(24)15-12-22-9-7-20-10-17(22)21-15/h3-5,12-13,20H,6-11H2,1-2H3/t13-/m1/s1. The van der Waals surface area contributed by atoms with Gasteiger partial charge in [0.25, 0.3) is 5.91 Å². The first-order chi connectivity index (χ1) is 12.7. The Morgan fingerprint density at radius 3 is 2.92 bits per heavy atom. The molecule has 7 heteroatoms. The number of likely N-dealkylation sites (tertiary alicyclic amines) is 1. The summed E-state index contributed by atoms with van der Waals surface area (Å²) in [4.78, 5) is 19.3. The van der Waals surface area contributed by atoms with Crippen molar-refractivity contribution in [3.63, 3.8) is 0 Å². The predicted molar refractivity (Wildman–Crippen MR) is 96.7 cm³/mol. The maximum absolute atomic E-state index is 12.9. The number of aromatic nitrogens is 2. The lowest BCUT2D eigenvalue weighted by molar-refractivity contribution is 0.0785. The lowest BCUT2D eigenvalue weighted by Gasteiger charge is -2.18. The summed E-state index contributed by atoms with van der Waals surface area (Å²) in [5.74, 6) is 2.67. The monoisotopic (exact) mass is 356 g/mol. The average Bonchev–Trinajstić information content (AvgIpc) is 3.33. The van der Waals surface area contributed by atoms with E-state index in [9.17, 15) is 4.79 Å². The first-order valence-corrected chi connectivity index (χ1v) is 8.98. The Hall–Kier alpha value is -2.54. The number of carbonyl (C=O) groups is 1. The second-order valence-corrected chi connectivity index (χ2v) is 6.73. The molecule has 2 aromatic rings. The zero-order valence-electron chi connectivity index (χ0n) is 15.2. The van der Waals surface area contributed by atoms with E-state index in [-0.39, 0.29) is 11.8 Å². The number of ether oxygens (including phenoxy) is 2. The molecule has 0 aliphatic carbocycles. The van der Waals surface area contributed by atoms with Crippen LogP contribution < -0.4 is 14.8 Å². The maximum Gasteiger partial charge on any atom is 0.274 e. The first kappa shape index (κ1) is 16.9. The minimum absolute atomic E-state index is 0.0104. The highest BCUT2D eigenvalue weighted by Gasteiger charge is 2.31. The molecule has 26 heavy (non-hydrogen) atoms. The average molecular weight is 356 g/mol. The number of carbonyl (C=O) groups excluding carboxylic acids is 1.